The molecule has 3 saturated carbocycles. The highest BCUT2D eigenvalue weighted by Gasteiger charge is 2.68. The SMILES string of the molecule is C[C@H]1OC(=O)C23CCC4C(CCC5=CC(=O)CCC54C)C2CCC13. The molecule has 0 radical (unpaired) electrons. The molecule has 3 heteroatoms. The van der Waals surface area contributed by atoms with Crippen LogP contribution >= 0.6 is 0 Å². The zero-order chi connectivity index (χ0) is 16.7. The first-order chi connectivity index (χ1) is 11.5. The van der Waals surface area contributed by atoms with Crippen LogP contribution in [-0.2, 0) is 14.3 Å². The summed E-state index contributed by atoms with van der Waals surface area (Å²) in [5.41, 5.74) is 1.45. The molecule has 1 spiro atoms. The quantitative estimate of drug-likeness (QED) is 0.630. The summed E-state index contributed by atoms with van der Waals surface area (Å²) in [6.07, 6.45) is 10.6. The van der Waals surface area contributed by atoms with Crippen LogP contribution in [0, 0.1) is 34.5 Å². The van der Waals surface area contributed by atoms with Crippen molar-refractivity contribution in [3.05, 3.63) is 11.6 Å². The van der Waals surface area contributed by atoms with E-state index in [2.05, 4.69) is 13.8 Å². The van der Waals surface area contributed by atoms with Crippen molar-refractivity contribution in [1.82, 2.24) is 0 Å². The monoisotopic (exact) mass is 328 g/mol. The van der Waals surface area contributed by atoms with E-state index in [0.29, 0.717) is 35.9 Å². The molecule has 0 aromatic carbocycles. The Balaban J connectivity index is 1.53. The molecule has 0 amide bonds. The van der Waals surface area contributed by atoms with E-state index in [9.17, 15) is 9.59 Å². The molecular formula is C21H28O3. The minimum Gasteiger partial charge on any atom is -0.462 e. The predicted molar refractivity (Wildman–Crippen MR) is 90.1 cm³/mol. The zero-order valence-electron chi connectivity index (χ0n) is 14.8. The summed E-state index contributed by atoms with van der Waals surface area (Å²) in [7, 11) is 0. The molecule has 7 atom stereocenters. The van der Waals surface area contributed by atoms with Crippen molar-refractivity contribution < 1.29 is 14.3 Å². The molecule has 5 aliphatic rings. The summed E-state index contributed by atoms with van der Waals surface area (Å²) in [6, 6.07) is 0. The van der Waals surface area contributed by atoms with Gasteiger partial charge in [0.05, 0.1) is 5.41 Å². The average Bonchev–Trinajstić information content (AvgIpc) is 3.05. The molecule has 4 fully saturated rings. The first kappa shape index (κ1) is 15.2. The fourth-order valence-electron chi connectivity index (χ4n) is 7.70. The lowest BCUT2D eigenvalue weighted by molar-refractivity contribution is -0.157. The lowest BCUT2D eigenvalue weighted by atomic mass is 9.46. The molecule has 3 nitrogen and oxygen atoms in total. The summed E-state index contributed by atoms with van der Waals surface area (Å²) in [5.74, 6) is 2.72. The Morgan fingerprint density at radius 3 is 2.62 bits per heavy atom. The van der Waals surface area contributed by atoms with E-state index in [1.54, 1.807) is 0 Å². The van der Waals surface area contributed by atoms with E-state index >= 15 is 0 Å². The standard InChI is InChI=1S/C21H28O3/c1-12-16-5-6-18-15-4-3-13-11-14(22)7-9-20(13,2)17(15)8-10-21(16,18)19(23)24-12/h11-12,15-18H,3-10H2,1-2H3/t12-,15?,16?,17?,18?,20?,21?/m1/s1. The number of ketones is 1. The van der Waals surface area contributed by atoms with Gasteiger partial charge in [0.2, 0.25) is 0 Å². The van der Waals surface area contributed by atoms with Crippen molar-refractivity contribution in [2.75, 3.05) is 0 Å². The topological polar surface area (TPSA) is 43.4 Å². The number of ether oxygens (including phenoxy) is 1. The molecule has 0 bridgehead atoms. The Morgan fingerprint density at radius 1 is 1.00 bits per heavy atom. The Kier molecular flexibility index (Phi) is 2.99. The van der Waals surface area contributed by atoms with Gasteiger partial charge in [0.1, 0.15) is 6.10 Å². The van der Waals surface area contributed by atoms with E-state index < -0.39 is 0 Å². The number of hydrogen-bond donors (Lipinski definition) is 0. The summed E-state index contributed by atoms with van der Waals surface area (Å²) in [5, 5.41) is 0. The number of fused-ring (bicyclic) bond motifs is 4. The fraction of sp³-hybridized carbons (Fsp3) is 0.810. The first-order valence-corrected chi connectivity index (χ1v) is 9.92. The number of carbonyl (C=O) groups is 2. The van der Waals surface area contributed by atoms with Gasteiger partial charge >= 0.3 is 5.97 Å². The molecule has 24 heavy (non-hydrogen) atoms. The second-order valence-corrected chi connectivity index (χ2v) is 9.34. The summed E-state index contributed by atoms with van der Waals surface area (Å²) in [4.78, 5) is 24.7. The van der Waals surface area contributed by atoms with Crippen LogP contribution in [-0.4, -0.2) is 17.9 Å². The third-order valence-corrected chi connectivity index (χ3v) is 8.78. The molecule has 1 heterocycles. The van der Waals surface area contributed by atoms with Crippen LogP contribution in [0.5, 0.6) is 0 Å². The molecule has 4 aliphatic carbocycles. The van der Waals surface area contributed by atoms with Crippen molar-refractivity contribution in [3.63, 3.8) is 0 Å². The number of hydrogen-bond acceptors (Lipinski definition) is 3. The van der Waals surface area contributed by atoms with Gasteiger partial charge < -0.3 is 4.74 Å². The Bertz CT molecular complexity index is 649. The van der Waals surface area contributed by atoms with E-state index in [1.807, 2.05) is 6.08 Å². The summed E-state index contributed by atoms with van der Waals surface area (Å²) < 4.78 is 5.72. The number of cyclic esters (lactones) is 1. The average molecular weight is 328 g/mol. The fourth-order valence-corrected chi connectivity index (χ4v) is 7.70. The van der Waals surface area contributed by atoms with Gasteiger partial charge in [0.25, 0.3) is 0 Å². The number of allylic oxidation sites excluding steroid dienone is 1. The van der Waals surface area contributed by atoms with Crippen LogP contribution in [0.3, 0.4) is 0 Å². The van der Waals surface area contributed by atoms with Crippen LogP contribution < -0.4 is 0 Å². The van der Waals surface area contributed by atoms with Crippen molar-refractivity contribution in [2.45, 2.75) is 71.3 Å². The lowest BCUT2D eigenvalue weighted by Crippen LogP contribution is -2.52. The van der Waals surface area contributed by atoms with Crippen LogP contribution in [0.25, 0.3) is 0 Å². The van der Waals surface area contributed by atoms with Crippen LogP contribution in [0.2, 0.25) is 0 Å². The van der Waals surface area contributed by atoms with E-state index in [-0.39, 0.29) is 22.9 Å². The molecular weight excluding hydrogens is 300 g/mol. The molecule has 0 aromatic rings. The van der Waals surface area contributed by atoms with Gasteiger partial charge in [-0.1, -0.05) is 12.5 Å². The van der Waals surface area contributed by atoms with Crippen molar-refractivity contribution in [2.24, 2.45) is 34.5 Å². The molecule has 5 rings (SSSR count). The number of rotatable bonds is 0. The van der Waals surface area contributed by atoms with Gasteiger partial charge in [0, 0.05) is 12.3 Å². The summed E-state index contributed by atoms with van der Waals surface area (Å²) >= 11 is 0. The van der Waals surface area contributed by atoms with Gasteiger partial charge in [-0.3, -0.25) is 9.59 Å². The van der Waals surface area contributed by atoms with Crippen LogP contribution in [0.4, 0.5) is 0 Å². The van der Waals surface area contributed by atoms with Gasteiger partial charge in [-0.25, -0.2) is 0 Å². The molecule has 130 valence electrons. The van der Waals surface area contributed by atoms with E-state index in [0.717, 1.165) is 25.7 Å². The minimum atomic E-state index is -0.164. The van der Waals surface area contributed by atoms with Crippen LogP contribution in [0.15, 0.2) is 11.6 Å². The van der Waals surface area contributed by atoms with Gasteiger partial charge in [-0.05, 0) is 81.1 Å². The second-order valence-electron chi connectivity index (χ2n) is 9.34. The van der Waals surface area contributed by atoms with E-state index in [4.69, 9.17) is 4.74 Å². The van der Waals surface area contributed by atoms with Crippen molar-refractivity contribution in [3.8, 4) is 0 Å². The third-order valence-electron chi connectivity index (χ3n) is 8.78. The predicted octanol–water partition coefficient (Wildman–Crippen LogP) is 4.06. The molecule has 0 N–H and O–H groups in total. The minimum absolute atomic E-state index is 0.112. The Labute approximate surface area is 144 Å². The normalized spacial score (nSPS) is 52.8. The van der Waals surface area contributed by atoms with Gasteiger partial charge in [-0.15, -0.1) is 0 Å². The molecule has 6 unspecified atom stereocenters. The first-order valence-electron chi connectivity index (χ1n) is 9.92. The van der Waals surface area contributed by atoms with Crippen molar-refractivity contribution in [1.29, 1.82) is 0 Å². The third kappa shape index (κ3) is 1.64. The van der Waals surface area contributed by atoms with Gasteiger partial charge in [0.15, 0.2) is 5.78 Å². The highest BCUT2D eigenvalue weighted by Crippen LogP contribution is 2.69. The highest BCUT2D eigenvalue weighted by atomic mass is 16.6. The second kappa shape index (κ2) is 4.74. The molecule has 1 aliphatic heterocycles. The summed E-state index contributed by atoms with van der Waals surface area (Å²) in [6.45, 7) is 4.50. The van der Waals surface area contributed by atoms with E-state index in [1.165, 1.54) is 24.8 Å². The smallest absolute Gasteiger partial charge is 0.313 e. The lowest BCUT2D eigenvalue weighted by Gasteiger charge is -2.56. The Morgan fingerprint density at radius 2 is 1.79 bits per heavy atom. The number of carbonyl (C=O) groups excluding carboxylic acids is 2. The van der Waals surface area contributed by atoms with Crippen LogP contribution in [0.1, 0.15) is 65.2 Å². The van der Waals surface area contributed by atoms with Crippen molar-refractivity contribution >= 4 is 11.8 Å². The largest absolute Gasteiger partial charge is 0.462 e. The molecule has 0 aromatic heterocycles. The zero-order valence-corrected chi connectivity index (χ0v) is 14.8. The van der Waals surface area contributed by atoms with Gasteiger partial charge in [-0.2, -0.15) is 0 Å². The maximum absolute atomic E-state index is 12.8. The number of esters is 1. The maximum atomic E-state index is 12.8. The molecule has 1 saturated heterocycles. The highest BCUT2D eigenvalue weighted by molar-refractivity contribution is 5.91. The maximum Gasteiger partial charge on any atom is 0.313 e. The Hall–Kier alpha value is -1.12.